The number of carboxylic acid groups (broad SMARTS) is 1. The van der Waals surface area contributed by atoms with Crippen LogP contribution in [0.25, 0.3) is 33.7 Å². The van der Waals surface area contributed by atoms with Gasteiger partial charge in [0.15, 0.2) is 0 Å². The Morgan fingerprint density at radius 2 is 1.72 bits per heavy atom. The maximum atomic E-state index is 11.5. The number of aromatic carboxylic acids is 1. The number of imidazole rings is 1. The summed E-state index contributed by atoms with van der Waals surface area (Å²) in [7, 11) is 0. The van der Waals surface area contributed by atoms with Gasteiger partial charge in [0.25, 0.3) is 0 Å². The summed E-state index contributed by atoms with van der Waals surface area (Å²) in [6.45, 7) is 8.36. The number of ether oxygens (including phenoxy) is 1. The highest BCUT2D eigenvalue weighted by Gasteiger charge is 2.24. The molecule has 5 rings (SSSR count). The van der Waals surface area contributed by atoms with E-state index in [9.17, 15) is 9.90 Å². The molecule has 9 heteroatoms. The maximum absolute atomic E-state index is 11.5. The van der Waals surface area contributed by atoms with Crippen LogP contribution in [0.2, 0.25) is 10.0 Å². The van der Waals surface area contributed by atoms with Crippen LogP contribution in [0.15, 0.2) is 65.2 Å². The fourth-order valence-electron chi connectivity index (χ4n) is 4.64. The number of nitrogens with zero attached hydrogens (tertiary/aromatic N) is 3. The Balaban J connectivity index is 1.45. The van der Waals surface area contributed by atoms with Crippen LogP contribution in [-0.4, -0.2) is 25.8 Å². The number of hydrogen-bond acceptors (Lipinski definition) is 5. The number of carboxylic acids is 1. The Kier molecular flexibility index (Phi) is 7.38. The highest BCUT2D eigenvalue weighted by atomic mass is 35.5. The largest absolute Gasteiger partial charge is 0.489 e. The molecule has 0 saturated heterocycles. The lowest BCUT2D eigenvalue weighted by molar-refractivity contribution is 0.0697. The van der Waals surface area contributed by atoms with E-state index in [0.717, 1.165) is 28.0 Å². The molecule has 0 bridgehead atoms. The summed E-state index contributed by atoms with van der Waals surface area (Å²) in [6, 6.07) is 18.0. The zero-order valence-electron chi connectivity index (χ0n) is 21.9. The van der Waals surface area contributed by atoms with Crippen LogP contribution in [0.3, 0.4) is 0 Å². The summed E-state index contributed by atoms with van der Waals surface area (Å²) >= 11 is 12.9. The van der Waals surface area contributed by atoms with Gasteiger partial charge in [-0.1, -0.05) is 48.3 Å². The molecule has 0 unspecified atom stereocenters. The van der Waals surface area contributed by atoms with E-state index in [-0.39, 0.29) is 24.1 Å². The normalized spacial score (nSPS) is 11.6. The van der Waals surface area contributed by atoms with Gasteiger partial charge in [0, 0.05) is 23.1 Å². The predicted molar refractivity (Wildman–Crippen MR) is 153 cm³/mol. The van der Waals surface area contributed by atoms with Gasteiger partial charge in [-0.3, -0.25) is 0 Å². The first-order valence-electron chi connectivity index (χ1n) is 12.6. The van der Waals surface area contributed by atoms with Crippen LogP contribution in [0.5, 0.6) is 5.75 Å². The molecule has 0 amide bonds. The molecule has 2 aromatic heterocycles. The van der Waals surface area contributed by atoms with E-state index in [0.29, 0.717) is 32.8 Å². The Labute approximate surface area is 235 Å². The van der Waals surface area contributed by atoms with E-state index < -0.39 is 5.97 Å². The van der Waals surface area contributed by atoms with Gasteiger partial charge in [-0.2, -0.15) is 0 Å². The van der Waals surface area contributed by atoms with Gasteiger partial charge in [-0.05, 0) is 68.4 Å². The second kappa shape index (κ2) is 10.8. The molecule has 0 aliphatic carbocycles. The van der Waals surface area contributed by atoms with E-state index in [4.69, 9.17) is 37.4 Å². The van der Waals surface area contributed by atoms with Crippen molar-refractivity contribution in [3.63, 3.8) is 0 Å². The number of hydrogen-bond donors (Lipinski definition) is 1. The van der Waals surface area contributed by atoms with Crippen molar-refractivity contribution in [2.24, 2.45) is 0 Å². The summed E-state index contributed by atoms with van der Waals surface area (Å²) in [5, 5.41) is 14.7. The minimum absolute atomic E-state index is 0.0723. The van der Waals surface area contributed by atoms with Crippen molar-refractivity contribution in [2.75, 3.05) is 0 Å². The molecule has 0 aliphatic heterocycles. The number of halogens is 2. The summed E-state index contributed by atoms with van der Waals surface area (Å²) in [6.07, 6.45) is 0. The average molecular weight is 564 g/mol. The Bertz CT molecular complexity index is 1650. The third-order valence-electron chi connectivity index (χ3n) is 6.49. The summed E-state index contributed by atoms with van der Waals surface area (Å²) < 4.78 is 13.9. The van der Waals surface area contributed by atoms with Crippen molar-refractivity contribution in [3.05, 3.63) is 87.6 Å². The fourth-order valence-corrected chi connectivity index (χ4v) is 5.22. The number of fused-ring (bicyclic) bond motifs is 1. The molecule has 0 saturated carbocycles. The second-order valence-corrected chi connectivity index (χ2v) is 10.7. The zero-order valence-corrected chi connectivity index (χ0v) is 23.4. The number of carbonyl (C=O) groups is 1. The van der Waals surface area contributed by atoms with E-state index in [1.165, 1.54) is 0 Å². The molecule has 200 valence electrons. The van der Waals surface area contributed by atoms with Crippen molar-refractivity contribution in [1.82, 2.24) is 14.7 Å². The topological polar surface area (TPSA) is 90.4 Å². The molecule has 1 N–H and O–H groups in total. The van der Waals surface area contributed by atoms with Crippen LogP contribution in [0.1, 0.15) is 61.3 Å². The van der Waals surface area contributed by atoms with E-state index in [2.05, 4.69) is 5.16 Å². The van der Waals surface area contributed by atoms with Gasteiger partial charge in [0.1, 0.15) is 29.6 Å². The number of rotatable bonds is 8. The van der Waals surface area contributed by atoms with Gasteiger partial charge in [-0.25, -0.2) is 9.78 Å². The minimum atomic E-state index is -0.968. The highest BCUT2D eigenvalue weighted by Crippen LogP contribution is 2.39. The molecule has 0 atom stereocenters. The molecule has 0 spiro atoms. The Hall–Kier alpha value is -3.81. The molecular weight excluding hydrogens is 537 g/mol. The average Bonchev–Trinajstić information content (AvgIpc) is 3.49. The maximum Gasteiger partial charge on any atom is 0.335 e. The molecular formula is C30H27Cl2N3O4. The molecule has 2 heterocycles. The fraction of sp³-hybridized carbons (Fsp3) is 0.233. The smallest absolute Gasteiger partial charge is 0.335 e. The molecule has 0 radical (unpaired) electrons. The van der Waals surface area contributed by atoms with Gasteiger partial charge >= 0.3 is 5.97 Å². The van der Waals surface area contributed by atoms with Crippen molar-refractivity contribution < 1.29 is 19.2 Å². The molecule has 39 heavy (non-hydrogen) atoms. The summed E-state index contributed by atoms with van der Waals surface area (Å²) in [5.41, 5.74) is 4.61. The Morgan fingerprint density at radius 3 is 2.33 bits per heavy atom. The highest BCUT2D eigenvalue weighted by molar-refractivity contribution is 6.39. The van der Waals surface area contributed by atoms with Crippen molar-refractivity contribution in [1.29, 1.82) is 0 Å². The van der Waals surface area contributed by atoms with E-state index in [1.807, 2.05) is 56.5 Å². The summed E-state index contributed by atoms with van der Waals surface area (Å²) in [4.78, 5) is 16.3. The van der Waals surface area contributed by atoms with Crippen LogP contribution in [0.4, 0.5) is 0 Å². The Morgan fingerprint density at radius 1 is 1.03 bits per heavy atom. The van der Waals surface area contributed by atoms with Crippen molar-refractivity contribution >= 4 is 40.2 Å². The monoisotopic (exact) mass is 563 g/mol. The first-order valence-corrected chi connectivity index (χ1v) is 13.3. The molecule has 0 fully saturated rings. The van der Waals surface area contributed by atoms with Crippen LogP contribution in [0, 0.1) is 0 Å². The molecule has 0 aliphatic rings. The standard InChI is InChI=1S/C30H27Cl2N3O4/c1-16(2)28-21(27(34-39-28)26-22(31)6-5-7-23(26)32)15-38-20-11-8-18(9-12-20)29-33-24-13-10-19(30(36)37)14-25(24)35(29)17(3)4/h5-14,16-17H,15H2,1-4H3,(H,36,37). The minimum Gasteiger partial charge on any atom is -0.489 e. The van der Waals surface area contributed by atoms with Gasteiger partial charge in [0.2, 0.25) is 0 Å². The van der Waals surface area contributed by atoms with Gasteiger partial charge < -0.3 is 18.9 Å². The SMILES string of the molecule is CC(C)c1onc(-c2c(Cl)cccc2Cl)c1COc1ccc(-c2nc3ccc(C(=O)O)cc3n2C(C)C)cc1. The third kappa shape index (κ3) is 5.12. The van der Waals surface area contributed by atoms with Crippen LogP contribution < -0.4 is 4.74 Å². The number of benzene rings is 3. The third-order valence-corrected chi connectivity index (χ3v) is 7.12. The van der Waals surface area contributed by atoms with Crippen LogP contribution >= 0.6 is 23.2 Å². The summed E-state index contributed by atoms with van der Waals surface area (Å²) in [5.74, 6) is 1.24. The first kappa shape index (κ1) is 26.8. The van der Waals surface area contributed by atoms with Gasteiger partial charge in [-0.15, -0.1) is 0 Å². The van der Waals surface area contributed by atoms with E-state index >= 15 is 0 Å². The van der Waals surface area contributed by atoms with Crippen LogP contribution in [-0.2, 0) is 6.61 Å². The lowest BCUT2D eigenvalue weighted by atomic mass is 10.0. The van der Waals surface area contributed by atoms with Crippen molar-refractivity contribution in [3.8, 4) is 28.4 Å². The lowest BCUT2D eigenvalue weighted by Crippen LogP contribution is -2.04. The number of aromatic nitrogens is 3. The lowest BCUT2D eigenvalue weighted by Gasteiger charge is -2.14. The predicted octanol–water partition coefficient (Wildman–Crippen LogP) is 8.65. The first-order chi connectivity index (χ1) is 18.7. The molecule has 7 nitrogen and oxygen atoms in total. The molecule has 3 aromatic carbocycles. The quantitative estimate of drug-likeness (QED) is 0.203. The zero-order chi connectivity index (χ0) is 27.8. The van der Waals surface area contributed by atoms with Gasteiger partial charge in [0.05, 0.1) is 32.2 Å². The van der Waals surface area contributed by atoms with E-state index in [1.54, 1.807) is 36.4 Å². The second-order valence-electron chi connectivity index (χ2n) is 9.85. The molecule has 5 aromatic rings. The van der Waals surface area contributed by atoms with Crippen molar-refractivity contribution in [2.45, 2.75) is 46.3 Å².